The molecule has 1 atom stereocenters. The highest BCUT2D eigenvalue weighted by Crippen LogP contribution is 2.29. The topological polar surface area (TPSA) is 51.0 Å². The number of nitrogens with one attached hydrogen (secondary N) is 1. The third kappa shape index (κ3) is 3.93. The van der Waals surface area contributed by atoms with Crippen molar-refractivity contribution in [3.05, 3.63) is 101 Å². The SMILES string of the molecule is Cc1cc(C)cc(N[C@H](c2ccc(F)cc2)c2nnc(-c3ccccc3)o2)c1. The third-order valence-corrected chi connectivity index (χ3v) is 4.44. The molecule has 0 spiro atoms. The molecule has 4 nitrogen and oxygen atoms in total. The Hall–Kier alpha value is -3.47. The minimum absolute atomic E-state index is 0.288. The van der Waals surface area contributed by atoms with Gasteiger partial charge >= 0.3 is 0 Å². The van der Waals surface area contributed by atoms with Crippen LogP contribution in [0.15, 0.2) is 77.2 Å². The van der Waals surface area contributed by atoms with Crippen molar-refractivity contribution < 1.29 is 8.81 Å². The van der Waals surface area contributed by atoms with Gasteiger partial charge in [0.2, 0.25) is 11.8 Å². The van der Waals surface area contributed by atoms with Gasteiger partial charge < -0.3 is 9.73 Å². The van der Waals surface area contributed by atoms with Crippen LogP contribution < -0.4 is 5.32 Å². The van der Waals surface area contributed by atoms with Gasteiger partial charge in [0.25, 0.3) is 0 Å². The fourth-order valence-electron chi connectivity index (χ4n) is 3.22. The lowest BCUT2D eigenvalue weighted by molar-refractivity contribution is 0.493. The summed E-state index contributed by atoms with van der Waals surface area (Å²) in [5.41, 5.74) is 4.92. The Bertz CT molecular complexity index is 1050. The van der Waals surface area contributed by atoms with Crippen LogP contribution in [0.4, 0.5) is 10.1 Å². The third-order valence-electron chi connectivity index (χ3n) is 4.44. The van der Waals surface area contributed by atoms with Gasteiger partial charge in [0.1, 0.15) is 11.9 Å². The van der Waals surface area contributed by atoms with Crippen LogP contribution in [0.1, 0.15) is 28.6 Å². The van der Waals surface area contributed by atoms with Crippen LogP contribution in [0.5, 0.6) is 0 Å². The maximum Gasteiger partial charge on any atom is 0.247 e. The van der Waals surface area contributed by atoms with E-state index in [1.54, 1.807) is 12.1 Å². The quantitative estimate of drug-likeness (QED) is 0.488. The second kappa shape index (κ2) is 7.64. The summed E-state index contributed by atoms with van der Waals surface area (Å²) in [4.78, 5) is 0. The zero-order valence-electron chi connectivity index (χ0n) is 15.7. The number of anilines is 1. The number of benzene rings is 3. The molecule has 0 saturated carbocycles. The van der Waals surface area contributed by atoms with Crippen LogP contribution >= 0.6 is 0 Å². The highest BCUT2D eigenvalue weighted by Gasteiger charge is 2.22. The number of aryl methyl sites for hydroxylation is 2. The average molecular weight is 373 g/mol. The van der Waals surface area contributed by atoms with E-state index in [9.17, 15) is 4.39 Å². The van der Waals surface area contributed by atoms with Crippen molar-refractivity contribution in [2.75, 3.05) is 5.32 Å². The van der Waals surface area contributed by atoms with E-state index in [-0.39, 0.29) is 5.82 Å². The van der Waals surface area contributed by atoms with Gasteiger partial charge in [-0.1, -0.05) is 36.4 Å². The Balaban J connectivity index is 1.73. The molecule has 3 aromatic carbocycles. The van der Waals surface area contributed by atoms with Gasteiger partial charge in [-0.15, -0.1) is 10.2 Å². The average Bonchev–Trinajstić information content (AvgIpc) is 3.17. The summed E-state index contributed by atoms with van der Waals surface area (Å²) in [6.45, 7) is 4.09. The Morgan fingerprint density at radius 2 is 1.54 bits per heavy atom. The predicted octanol–water partition coefficient (Wildman–Crippen LogP) is 5.69. The van der Waals surface area contributed by atoms with Crippen molar-refractivity contribution in [2.24, 2.45) is 0 Å². The number of hydrogen-bond acceptors (Lipinski definition) is 4. The van der Waals surface area contributed by atoms with E-state index in [1.807, 2.05) is 44.2 Å². The molecule has 5 heteroatoms. The Morgan fingerprint density at radius 1 is 0.857 bits per heavy atom. The number of nitrogens with zero attached hydrogens (tertiary/aromatic N) is 2. The molecule has 0 amide bonds. The molecule has 0 aliphatic rings. The lowest BCUT2D eigenvalue weighted by Crippen LogP contribution is -2.13. The second-order valence-corrected chi connectivity index (χ2v) is 6.82. The van der Waals surface area contributed by atoms with Gasteiger partial charge in [0, 0.05) is 11.3 Å². The van der Waals surface area contributed by atoms with E-state index in [0.717, 1.165) is 27.9 Å². The van der Waals surface area contributed by atoms with Gasteiger partial charge in [-0.3, -0.25) is 0 Å². The molecule has 4 aromatic rings. The van der Waals surface area contributed by atoms with Crippen molar-refractivity contribution in [2.45, 2.75) is 19.9 Å². The van der Waals surface area contributed by atoms with Crippen molar-refractivity contribution in [1.29, 1.82) is 0 Å². The standard InChI is InChI=1S/C23H20FN3O/c1-15-12-16(2)14-20(13-15)25-21(17-8-10-19(24)11-9-17)23-27-26-22(28-23)18-6-4-3-5-7-18/h3-14,21,25H,1-2H3/t21-/m1/s1. The van der Waals surface area contributed by atoms with Gasteiger partial charge in [-0.05, 0) is 66.9 Å². The molecule has 0 aliphatic heterocycles. The minimum atomic E-state index is -0.397. The summed E-state index contributed by atoms with van der Waals surface area (Å²) in [6.07, 6.45) is 0. The maximum atomic E-state index is 13.4. The normalized spacial score (nSPS) is 12.0. The van der Waals surface area contributed by atoms with Gasteiger partial charge in [0.15, 0.2) is 0 Å². The fraction of sp³-hybridized carbons (Fsp3) is 0.130. The first-order valence-electron chi connectivity index (χ1n) is 9.07. The van der Waals surface area contributed by atoms with E-state index in [4.69, 9.17) is 4.42 Å². The molecular formula is C23H20FN3O. The molecule has 1 aromatic heterocycles. The number of aromatic nitrogens is 2. The summed E-state index contributed by atoms with van der Waals surface area (Å²) in [6, 6.07) is 21.7. The fourth-order valence-corrected chi connectivity index (χ4v) is 3.22. The highest BCUT2D eigenvalue weighted by atomic mass is 19.1. The Labute approximate surface area is 163 Å². The Kier molecular flexibility index (Phi) is 4.89. The largest absolute Gasteiger partial charge is 0.418 e. The first-order chi connectivity index (χ1) is 13.6. The van der Waals surface area contributed by atoms with E-state index in [1.165, 1.54) is 12.1 Å². The van der Waals surface area contributed by atoms with Crippen LogP contribution in [0.2, 0.25) is 0 Å². The summed E-state index contributed by atoms with van der Waals surface area (Å²) in [5, 5.41) is 11.9. The molecule has 1 heterocycles. The Morgan fingerprint density at radius 3 is 2.21 bits per heavy atom. The molecule has 140 valence electrons. The first kappa shape index (κ1) is 17.9. The lowest BCUT2D eigenvalue weighted by atomic mass is 10.1. The predicted molar refractivity (Wildman–Crippen MR) is 108 cm³/mol. The molecule has 0 saturated heterocycles. The van der Waals surface area contributed by atoms with Crippen LogP contribution in [0, 0.1) is 19.7 Å². The number of halogens is 1. The molecule has 0 bridgehead atoms. The highest BCUT2D eigenvalue weighted by molar-refractivity contribution is 5.53. The van der Waals surface area contributed by atoms with Crippen molar-refractivity contribution in [3.8, 4) is 11.5 Å². The van der Waals surface area contributed by atoms with Crippen molar-refractivity contribution in [1.82, 2.24) is 10.2 Å². The summed E-state index contributed by atoms with van der Waals surface area (Å²) >= 11 is 0. The summed E-state index contributed by atoms with van der Waals surface area (Å²) < 4.78 is 19.4. The van der Waals surface area contributed by atoms with E-state index in [2.05, 4.69) is 33.7 Å². The zero-order chi connectivity index (χ0) is 19.5. The van der Waals surface area contributed by atoms with Gasteiger partial charge in [-0.2, -0.15) is 0 Å². The molecule has 0 unspecified atom stereocenters. The van der Waals surface area contributed by atoms with Gasteiger partial charge in [0.05, 0.1) is 0 Å². The molecule has 0 aliphatic carbocycles. The monoisotopic (exact) mass is 373 g/mol. The molecule has 0 fully saturated rings. The van der Waals surface area contributed by atoms with Crippen LogP contribution in [0.3, 0.4) is 0 Å². The summed E-state index contributed by atoms with van der Waals surface area (Å²) in [7, 11) is 0. The van der Waals surface area contributed by atoms with Crippen molar-refractivity contribution in [3.63, 3.8) is 0 Å². The molecule has 1 N–H and O–H groups in total. The van der Waals surface area contributed by atoms with Crippen molar-refractivity contribution >= 4 is 5.69 Å². The van der Waals surface area contributed by atoms with Crippen LogP contribution in [-0.4, -0.2) is 10.2 Å². The smallest absolute Gasteiger partial charge is 0.247 e. The van der Waals surface area contributed by atoms with E-state index < -0.39 is 6.04 Å². The number of hydrogen-bond donors (Lipinski definition) is 1. The van der Waals surface area contributed by atoms with Crippen LogP contribution in [0.25, 0.3) is 11.5 Å². The molecule has 4 rings (SSSR count). The van der Waals surface area contributed by atoms with Crippen LogP contribution in [-0.2, 0) is 0 Å². The number of rotatable bonds is 5. The molecular weight excluding hydrogens is 353 g/mol. The summed E-state index contributed by atoms with van der Waals surface area (Å²) in [5.74, 6) is 0.582. The molecule has 28 heavy (non-hydrogen) atoms. The molecule has 0 radical (unpaired) electrons. The maximum absolute atomic E-state index is 13.4. The lowest BCUT2D eigenvalue weighted by Gasteiger charge is -2.18. The zero-order valence-corrected chi connectivity index (χ0v) is 15.7. The second-order valence-electron chi connectivity index (χ2n) is 6.82. The van der Waals surface area contributed by atoms with E-state index >= 15 is 0 Å². The van der Waals surface area contributed by atoms with Gasteiger partial charge in [-0.25, -0.2) is 4.39 Å². The van der Waals surface area contributed by atoms with E-state index in [0.29, 0.717) is 11.8 Å². The minimum Gasteiger partial charge on any atom is -0.418 e. The first-order valence-corrected chi connectivity index (χ1v) is 9.07.